The Balaban J connectivity index is 0.00000175. The summed E-state index contributed by atoms with van der Waals surface area (Å²) in [7, 11) is 0. The number of benzene rings is 1. The number of carbonyl (C=O) groups excluding carboxylic acids is 2. The van der Waals surface area contributed by atoms with Crippen LogP contribution >= 0.6 is 12.4 Å². The van der Waals surface area contributed by atoms with Gasteiger partial charge in [-0.15, -0.1) is 12.4 Å². The van der Waals surface area contributed by atoms with Crippen molar-refractivity contribution in [1.29, 1.82) is 0 Å². The molecule has 2 aliphatic carbocycles. The Hall–Kier alpha value is -3.09. The van der Waals surface area contributed by atoms with E-state index in [1.54, 1.807) is 0 Å². The second-order valence-electron chi connectivity index (χ2n) is 8.12. The number of imide groups is 1. The van der Waals surface area contributed by atoms with Gasteiger partial charge in [0, 0.05) is 35.6 Å². The van der Waals surface area contributed by atoms with Gasteiger partial charge in [0.05, 0.1) is 28.4 Å². The number of carbonyl (C=O) groups is 2. The molecule has 6 nitrogen and oxygen atoms in total. The topological polar surface area (TPSA) is 75.2 Å². The largest absolute Gasteiger partial charge is 0.372 e. The van der Waals surface area contributed by atoms with Crippen LogP contribution in [0.15, 0.2) is 36.5 Å². The van der Waals surface area contributed by atoms with Crippen molar-refractivity contribution in [1.82, 2.24) is 15.2 Å². The van der Waals surface area contributed by atoms with Crippen molar-refractivity contribution in [2.24, 2.45) is 0 Å². The number of aromatic nitrogens is 1. The Morgan fingerprint density at radius 1 is 1.07 bits per heavy atom. The van der Waals surface area contributed by atoms with Gasteiger partial charge in [-0.2, -0.15) is 0 Å². The van der Waals surface area contributed by atoms with Gasteiger partial charge in [-0.05, 0) is 23.1 Å². The van der Waals surface area contributed by atoms with E-state index < -0.39 is 0 Å². The SMILES string of the molecule is Cl.O=C1NC(=O)c2c1c1c(c3c2c2c4n3CCNCC=4C=CC2)NC2C=CC=CC=12. The number of nitrogens with one attached hydrogen (secondary N) is 3. The summed E-state index contributed by atoms with van der Waals surface area (Å²) in [5.41, 5.74) is 6.60. The van der Waals surface area contributed by atoms with Crippen molar-refractivity contribution in [3.63, 3.8) is 0 Å². The third kappa shape index (κ3) is 1.98. The molecular weight excluding hydrogens is 400 g/mol. The molecule has 0 fully saturated rings. The van der Waals surface area contributed by atoms with Crippen LogP contribution in [0.2, 0.25) is 0 Å². The number of hydrogen-bond donors (Lipinski definition) is 3. The number of anilines is 1. The van der Waals surface area contributed by atoms with Crippen LogP contribution in [0.5, 0.6) is 0 Å². The van der Waals surface area contributed by atoms with Crippen molar-refractivity contribution in [3.05, 3.63) is 63.7 Å². The predicted octanol–water partition coefficient (Wildman–Crippen LogP) is 0.884. The molecule has 7 heteroatoms. The molecule has 4 heterocycles. The summed E-state index contributed by atoms with van der Waals surface area (Å²) in [4.78, 5) is 25.8. The first-order valence-electron chi connectivity index (χ1n) is 10.1. The second kappa shape index (κ2) is 5.97. The maximum atomic E-state index is 13.0. The van der Waals surface area contributed by atoms with E-state index in [9.17, 15) is 9.59 Å². The zero-order valence-corrected chi connectivity index (χ0v) is 16.9. The molecule has 0 saturated carbocycles. The molecule has 3 N–H and O–H groups in total. The summed E-state index contributed by atoms with van der Waals surface area (Å²) >= 11 is 0. The van der Waals surface area contributed by atoms with E-state index in [0.29, 0.717) is 11.1 Å². The van der Waals surface area contributed by atoms with Crippen molar-refractivity contribution in [2.75, 3.05) is 18.4 Å². The van der Waals surface area contributed by atoms with Crippen molar-refractivity contribution < 1.29 is 9.59 Å². The van der Waals surface area contributed by atoms with Crippen molar-refractivity contribution in [2.45, 2.75) is 19.0 Å². The number of allylic oxidation sites excluding steroid dienone is 3. The smallest absolute Gasteiger partial charge is 0.259 e. The lowest BCUT2D eigenvalue weighted by molar-refractivity contribution is 0.0880. The zero-order valence-electron chi connectivity index (χ0n) is 16.0. The predicted molar refractivity (Wildman–Crippen MR) is 118 cm³/mol. The molecule has 150 valence electrons. The van der Waals surface area contributed by atoms with Gasteiger partial charge in [-0.1, -0.05) is 36.5 Å². The molecular formula is C23H19ClN4O2. The average molecular weight is 419 g/mol. The highest BCUT2D eigenvalue weighted by atomic mass is 35.5. The summed E-state index contributed by atoms with van der Waals surface area (Å²) < 4.78 is 2.36. The van der Waals surface area contributed by atoms with Gasteiger partial charge in [0.15, 0.2) is 0 Å². The molecule has 0 spiro atoms. The quantitative estimate of drug-likeness (QED) is 0.555. The molecule has 0 saturated heterocycles. The molecule has 2 aromatic rings. The van der Waals surface area contributed by atoms with Crippen LogP contribution in [-0.2, 0) is 13.0 Å². The van der Waals surface area contributed by atoms with E-state index in [1.807, 2.05) is 12.2 Å². The average Bonchev–Trinajstić information content (AvgIpc) is 3.28. The fraction of sp³-hybridized carbons (Fsp3) is 0.217. The lowest BCUT2D eigenvalue weighted by Gasteiger charge is -2.13. The van der Waals surface area contributed by atoms with Crippen LogP contribution < -0.4 is 26.5 Å². The fourth-order valence-electron chi connectivity index (χ4n) is 5.61. The molecule has 1 aromatic carbocycles. The first-order valence-corrected chi connectivity index (χ1v) is 10.1. The molecule has 1 unspecified atom stereocenters. The van der Waals surface area contributed by atoms with Gasteiger partial charge in [0.1, 0.15) is 0 Å². The minimum atomic E-state index is -0.285. The standard InChI is InChI=1S/C23H18N4O2.ClH/c28-22-17-15-12-5-1-2-7-14(12)25-19(15)21-16(18(17)23(29)26-22)13-6-3-4-11-10-24-8-9-27(21)20(11)13;/h1-5,7,14,24-25H,6,8-10H2,(H,26,28,29);1H. The summed E-state index contributed by atoms with van der Waals surface area (Å²) in [6.45, 7) is 2.51. The Bertz CT molecular complexity index is 1420. The lowest BCUT2D eigenvalue weighted by atomic mass is 9.93. The third-order valence-corrected chi connectivity index (χ3v) is 6.67. The molecule has 7 rings (SSSR count). The number of fused-ring (bicyclic) bond motifs is 9. The number of nitrogens with zero attached hydrogens (tertiary/aromatic N) is 1. The van der Waals surface area contributed by atoms with Crippen LogP contribution in [0.3, 0.4) is 0 Å². The maximum absolute atomic E-state index is 13.0. The van der Waals surface area contributed by atoms with E-state index in [1.165, 1.54) is 10.9 Å². The first kappa shape index (κ1) is 17.7. The Labute approximate surface area is 178 Å². The fourth-order valence-corrected chi connectivity index (χ4v) is 5.61. The van der Waals surface area contributed by atoms with E-state index >= 15 is 0 Å². The number of hydrogen-bond acceptors (Lipinski definition) is 4. The summed E-state index contributed by atoms with van der Waals surface area (Å²) in [6.07, 6.45) is 13.3. The van der Waals surface area contributed by atoms with Gasteiger partial charge < -0.3 is 15.2 Å². The highest BCUT2D eigenvalue weighted by Crippen LogP contribution is 2.37. The Morgan fingerprint density at radius 2 is 1.93 bits per heavy atom. The molecule has 30 heavy (non-hydrogen) atoms. The highest BCUT2D eigenvalue weighted by Gasteiger charge is 2.39. The Kier molecular flexibility index (Phi) is 3.53. The molecule has 3 aliphatic heterocycles. The van der Waals surface area contributed by atoms with E-state index in [-0.39, 0.29) is 30.3 Å². The normalized spacial score (nSPS) is 22.2. The Morgan fingerprint density at radius 3 is 2.83 bits per heavy atom. The van der Waals surface area contributed by atoms with E-state index in [4.69, 9.17) is 0 Å². The van der Waals surface area contributed by atoms with Crippen molar-refractivity contribution >= 4 is 52.0 Å². The monoisotopic (exact) mass is 418 g/mol. The maximum Gasteiger partial charge on any atom is 0.259 e. The van der Waals surface area contributed by atoms with Gasteiger partial charge >= 0.3 is 0 Å². The highest BCUT2D eigenvalue weighted by molar-refractivity contribution is 6.29. The van der Waals surface area contributed by atoms with Gasteiger partial charge in [-0.25, -0.2) is 0 Å². The van der Waals surface area contributed by atoms with E-state index in [0.717, 1.165) is 59.0 Å². The number of amides is 2. The number of halogens is 1. The molecule has 0 bridgehead atoms. The minimum Gasteiger partial charge on any atom is -0.372 e. The number of rotatable bonds is 0. The van der Waals surface area contributed by atoms with Gasteiger partial charge in [0.25, 0.3) is 11.8 Å². The minimum absolute atomic E-state index is 0. The molecule has 2 amide bonds. The molecule has 0 radical (unpaired) electrons. The first-order chi connectivity index (χ1) is 14.2. The van der Waals surface area contributed by atoms with E-state index in [2.05, 4.69) is 44.8 Å². The summed E-state index contributed by atoms with van der Waals surface area (Å²) in [5.74, 6) is -0.560. The molecule has 1 aromatic heterocycles. The molecule has 5 aliphatic rings. The van der Waals surface area contributed by atoms with Gasteiger partial charge in [0.2, 0.25) is 0 Å². The van der Waals surface area contributed by atoms with Crippen LogP contribution in [0.1, 0.15) is 26.3 Å². The van der Waals surface area contributed by atoms with Gasteiger partial charge in [-0.3, -0.25) is 14.9 Å². The third-order valence-electron chi connectivity index (χ3n) is 6.67. The van der Waals surface area contributed by atoms with Crippen LogP contribution in [0, 0.1) is 0 Å². The van der Waals surface area contributed by atoms with Crippen LogP contribution in [-0.4, -0.2) is 35.5 Å². The summed E-state index contributed by atoms with van der Waals surface area (Å²) in [5, 5.41) is 12.8. The van der Waals surface area contributed by atoms with Crippen LogP contribution in [0.25, 0.3) is 22.0 Å². The second-order valence-corrected chi connectivity index (χ2v) is 8.12. The zero-order chi connectivity index (χ0) is 19.3. The molecule has 1 atom stereocenters. The van der Waals surface area contributed by atoms with Crippen LogP contribution in [0.4, 0.5) is 5.69 Å². The lowest BCUT2D eigenvalue weighted by Crippen LogP contribution is -2.24. The summed E-state index contributed by atoms with van der Waals surface area (Å²) in [6, 6.07) is 0.0263. The van der Waals surface area contributed by atoms with Crippen molar-refractivity contribution in [3.8, 4) is 0 Å².